The Bertz CT molecular complexity index is 961. The maximum Gasteiger partial charge on any atom is 0.291 e. The molecular formula is C22H23N3O3. The van der Waals surface area contributed by atoms with Crippen molar-refractivity contribution < 1.29 is 14.0 Å². The van der Waals surface area contributed by atoms with Crippen molar-refractivity contribution in [2.75, 3.05) is 24.3 Å². The summed E-state index contributed by atoms with van der Waals surface area (Å²) in [5.74, 6) is -0.341. The lowest BCUT2D eigenvalue weighted by atomic mass is 10.1. The van der Waals surface area contributed by atoms with Crippen molar-refractivity contribution in [3.63, 3.8) is 0 Å². The van der Waals surface area contributed by atoms with E-state index in [4.69, 9.17) is 4.42 Å². The highest BCUT2D eigenvalue weighted by atomic mass is 16.3. The molecule has 0 saturated heterocycles. The zero-order valence-corrected chi connectivity index (χ0v) is 16.2. The molecule has 144 valence electrons. The van der Waals surface area contributed by atoms with Gasteiger partial charge >= 0.3 is 0 Å². The number of amides is 2. The van der Waals surface area contributed by atoms with Crippen molar-refractivity contribution in [2.24, 2.45) is 0 Å². The number of anilines is 2. The molecule has 2 N–H and O–H groups in total. The predicted molar refractivity (Wildman–Crippen MR) is 110 cm³/mol. The fraction of sp³-hybridized carbons (Fsp3) is 0.182. The Balaban J connectivity index is 1.65. The van der Waals surface area contributed by atoms with E-state index in [0.717, 1.165) is 16.8 Å². The first kappa shape index (κ1) is 19.2. The molecule has 0 unspecified atom stereocenters. The summed E-state index contributed by atoms with van der Waals surface area (Å²) in [6.45, 7) is 2.29. The van der Waals surface area contributed by atoms with Crippen LogP contribution in [0.4, 0.5) is 11.4 Å². The summed E-state index contributed by atoms with van der Waals surface area (Å²) in [7, 11) is 3.97. The van der Waals surface area contributed by atoms with Crippen LogP contribution in [0, 0.1) is 6.92 Å². The first-order valence-electron chi connectivity index (χ1n) is 8.94. The van der Waals surface area contributed by atoms with Gasteiger partial charge in [-0.25, -0.2) is 0 Å². The molecule has 1 heterocycles. The Morgan fingerprint density at radius 1 is 1.00 bits per heavy atom. The van der Waals surface area contributed by atoms with Crippen LogP contribution in [-0.4, -0.2) is 25.9 Å². The van der Waals surface area contributed by atoms with Gasteiger partial charge in [0.25, 0.3) is 11.8 Å². The maximum atomic E-state index is 12.5. The van der Waals surface area contributed by atoms with Crippen LogP contribution in [0.5, 0.6) is 0 Å². The zero-order valence-electron chi connectivity index (χ0n) is 16.2. The molecule has 0 aliphatic carbocycles. The molecule has 0 aliphatic heterocycles. The third-order valence-electron chi connectivity index (χ3n) is 4.40. The van der Waals surface area contributed by atoms with Crippen molar-refractivity contribution >= 4 is 23.2 Å². The van der Waals surface area contributed by atoms with Crippen LogP contribution in [0.2, 0.25) is 0 Å². The quantitative estimate of drug-likeness (QED) is 0.685. The van der Waals surface area contributed by atoms with Crippen LogP contribution >= 0.6 is 0 Å². The van der Waals surface area contributed by atoms with Gasteiger partial charge < -0.3 is 20.0 Å². The van der Waals surface area contributed by atoms with E-state index >= 15 is 0 Å². The van der Waals surface area contributed by atoms with Crippen molar-refractivity contribution in [3.8, 4) is 0 Å². The monoisotopic (exact) mass is 377 g/mol. The van der Waals surface area contributed by atoms with Crippen molar-refractivity contribution in [3.05, 3.63) is 83.3 Å². The first-order chi connectivity index (χ1) is 13.4. The van der Waals surface area contributed by atoms with E-state index < -0.39 is 0 Å². The number of hydrogen-bond donors (Lipinski definition) is 2. The predicted octanol–water partition coefficient (Wildman–Crippen LogP) is 3.84. The Morgan fingerprint density at radius 3 is 2.39 bits per heavy atom. The van der Waals surface area contributed by atoms with Crippen LogP contribution < -0.4 is 15.5 Å². The van der Waals surface area contributed by atoms with E-state index in [0.29, 0.717) is 17.8 Å². The number of hydrogen-bond acceptors (Lipinski definition) is 4. The summed E-state index contributed by atoms with van der Waals surface area (Å²) < 4.78 is 5.10. The number of benzene rings is 2. The second-order valence-corrected chi connectivity index (χ2v) is 6.70. The lowest BCUT2D eigenvalue weighted by Crippen LogP contribution is -2.23. The van der Waals surface area contributed by atoms with Crippen molar-refractivity contribution in [1.82, 2.24) is 5.32 Å². The maximum absolute atomic E-state index is 12.5. The molecule has 0 spiro atoms. The molecule has 0 fully saturated rings. The number of aryl methyl sites for hydroxylation is 1. The SMILES string of the molecule is Cc1ccc(C(=O)NCc2ccc(N(C)C)cc2)cc1NC(=O)c1ccco1. The van der Waals surface area contributed by atoms with E-state index in [1.165, 1.54) is 6.26 Å². The van der Waals surface area contributed by atoms with Gasteiger partial charge in [0.15, 0.2) is 5.76 Å². The van der Waals surface area contributed by atoms with E-state index in [1.807, 2.05) is 50.2 Å². The van der Waals surface area contributed by atoms with Crippen LogP contribution in [0.25, 0.3) is 0 Å². The van der Waals surface area contributed by atoms with E-state index in [1.54, 1.807) is 30.3 Å². The van der Waals surface area contributed by atoms with Gasteiger partial charge in [-0.1, -0.05) is 18.2 Å². The molecule has 2 aromatic carbocycles. The minimum Gasteiger partial charge on any atom is -0.459 e. The average Bonchev–Trinajstić information content (AvgIpc) is 3.23. The molecule has 0 radical (unpaired) electrons. The molecule has 0 bridgehead atoms. The summed E-state index contributed by atoms with van der Waals surface area (Å²) in [6, 6.07) is 16.4. The summed E-state index contributed by atoms with van der Waals surface area (Å²) in [5, 5.41) is 5.69. The third-order valence-corrected chi connectivity index (χ3v) is 4.40. The molecule has 6 heteroatoms. The molecule has 0 atom stereocenters. The molecule has 0 saturated carbocycles. The zero-order chi connectivity index (χ0) is 20.1. The number of nitrogens with one attached hydrogen (secondary N) is 2. The molecule has 1 aromatic heterocycles. The molecule has 28 heavy (non-hydrogen) atoms. The molecule has 6 nitrogen and oxygen atoms in total. The normalized spacial score (nSPS) is 10.4. The third kappa shape index (κ3) is 4.59. The fourth-order valence-corrected chi connectivity index (χ4v) is 2.69. The second-order valence-electron chi connectivity index (χ2n) is 6.70. The van der Waals surface area contributed by atoms with Crippen LogP contribution in [0.1, 0.15) is 32.0 Å². The summed E-state index contributed by atoms with van der Waals surface area (Å²) >= 11 is 0. The largest absolute Gasteiger partial charge is 0.459 e. The van der Waals surface area contributed by atoms with Crippen molar-refractivity contribution in [2.45, 2.75) is 13.5 Å². The van der Waals surface area contributed by atoms with Gasteiger partial charge in [0, 0.05) is 37.6 Å². The molecular weight excluding hydrogens is 354 g/mol. The van der Waals surface area contributed by atoms with Crippen LogP contribution in [0.15, 0.2) is 65.3 Å². The minimum absolute atomic E-state index is 0.204. The number of rotatable bonds is 6. The Morgan fingerprint density at radius 2 is 1.75 bits per heavy atom. The average molecular weight is 377 g/mol. The van der Waals surface area contributed by atoms with E-state index in [-0.39, 0.29) is 17.6 Å². The van der Waals surface area contributed by atoms with E-state index in [2.05, 4.69) is 10.6 Å². The highest BCUT2D eigenvalue weighted by Gasteiger charge is 2.13. The van der Waals surface area contributed by atoms with Crippen LogP contribution in [-0.2, 0) is 6.54 Å². The Hall–Kier alpha value is -3.54. The number of furan rings is 1. The van der Waals surface area contributed by atoms with Gasteiger partial charge in [-0.15, -0.1) is 0 Å². The van der Waals surface area contributed by atoms with Gasteiger partial charge in [-0.2, -0.15) is 0 Å². The summed E-state index contributed by atoms with van der Waals surface area (Å²) in [5.41, 5.74) is 4.02. The second kappa shape index (κ2) is 8.43. The van der Waals surface area contributed by atoms with Gasteiger partial charge in [-0.05, 0) is 54.4 Å². The smallest absolute Gasteiger partial charge is 0.291 e. The standard InChI is InChI=1S/C22H23N3O3/c1-15-6-9-17(13-19(15)24-22(27)20-5-4-12-28-20)21(26)23-14-16-7-10-18(11-8-16)25(2)3/h4-13H,14H2,1-3H3,(H,23,26)(H,24,27). The van der Waals surface area contributed by atoms with Gasteiger partial charge in [-0.3, -0.25) is 9.59 Å². The molecule has 0 aliphatic rings. The minimum atomic E-state index is -0.355. The summed E-state index contributed by atoms with van der Waals surface area (Å²) in [6.07, 6.45) is 1.44. The van der Waals surface area contributed by atoms with Gasteiger partial charge in [0.2, 0.25) is 0 Å². The lowest BCUT2D eigenvalue weighted by Gasteiger charge is -2.13. The summed E-state index contributed by atoms with van der Waals surface area (Å²) in [4.78, 5) is 26.7. The Kier molecular flexibility index (Phi) is 5.79. The molecule has 3 aromatic rings. The number of nitrogens with zero attached hydrogens (tertiary/aromatic N) is 1. The highest BCUT2D eigenvalue weighted by Crippen LogP contribution is 2.19. The fourth-order valence-electron chi connectivity index (χ4n) is 2.69. The number of carbonyl (C=O) groups is 2. The van der Waals surface area contributed by atoms with Crippen LogP contribution in [0.3, 0.4) is 0 Å². The molecule has 3 rings (SSSR count). The first-order valence-corrected chi connectivity index (χ1v) is 8.94. The highest BCUT2D eigenvalue weighted by molar-refractivity contribution is 6.03. The van der Waals surface area contributed by atoms with Gasteiger partial charge in [0.1, 0.15) is 0 Å². The Labute approximate surface area is 164 Å². The molecule has 2 amide bonds. The van der Waals surface area contributed by atoms with Crippen molar-refractivity contribution in [1.29, 1.82) is 0 Å². The topological polar surface area (TPSA) is 74.6 Å². The lowest BCUT2D eigenvalue weighted by molar-refractivity contribution is 0.0949. The van der Waals surface area contributed by atoms with E-state index in [9.17, 15) is 9.59 Å². The number of carbonyl (C=O) groups excluding carboxylic acids is 2. The van der Waals surface area contributed by atoms with Gasteiger partial charge in [0.05, 0.1) is 6.26 Å².